The van der Waals surface area contributed by atoms with Gasteiger partial charge in [-0.3, -0.25) is 0 Å². The van der Waals surface area contributed by atoms with Crippen molar-refractivity contribution < 1.29 is 14.9 Å². The maximum Gasteiger partial charge on any atom is 0.253 e. The Balaban J connectivity index is 2.46. The van der Waals surface area contributed by atoms with E-state index in [0.29, 0.717) is 5.76 Å². The van der Waals surface area contributed by atoms with Gasteiger partial charge in [0.15, 0.2) is 0 Å². The van der Waals surface area contributed by atoms with Crippen LogP contribution in [0.1, 0.15) is 0 Å². The Morgan fingerprint density at radius 1 is 1.88 bits per heavy atom. The minimum absolute atomic E-state index is 0.464. The largest absolute Gasteiger partial charge is 0.459 e. The van der Waals surface area contributed by atoms with Gasteiger partial charge in [0, 0.05) is 0 Å². The molecule has 0 aromatic rings. The molecule has 0 aliphatic carbocycles. The third-order valence-corrected chi connectivity index (χ3v) is 0.802. The fourth-order valence-electron chi connectivity index (χ4n) is 0.465. The lowest BCUT2D eigenvalue weighted by Gasteiger charge is -2.01. The number of ether oxygens (including phenoxy) is 1. The quantitative estimate of drug-likeness (QED) is 0.372. The van der Waals surface area contributed by atoms with Crippen LogP contribution in [-0.4, -0.2) is 6.29 Å². The zero-order valence-electron chi connectivity index (χ0n) is 4.16. The van der Waals surface area contributed by atoms with Gasteiger partial charge in [0.2, 0.25) is 0 Å². The second kappa shape index (κ2) is 1.98. The molecule has 3 nitrogen and oxygen atoms in total. The molecule has 1 rings (SSSR count). The molecule has 1 radical (unpaired) electrons. The van der Waals surface area contributed by atoms with Crippen molar-refractivity contribution in [3.05, 3.63) is 24.5 Å². The van der Waals surface area contributed by atoms with E-state index in [-0.39, 0.29) is 0 Å². The molecule has 8 heavy (non-hydrogen) atoms. The zero-order valence-corrected chi connectivity index (χ0v) is 4.16. The van der Waals surface area contributed by atoms with E-state index in [9.17, 15) is 5.26 Å². The minimum Gasteiger partial charge on any atom is -0.459 e. The summed E-state index contributed by atoms with van der Waals surface area (Å²) in [4.78, 5) is 3.56. The molecule has 1 heterocycles. The van der Waals surface area contributed by atoms with Gasteiger partial charge in [-0.2, -0.15) is 4.89 Å². The van der Waals surface area contributed by atoms with Gasteiger partial charge in [-0.25, -0.2) is 0 Å². The fourth-order valence-corrected chi connectivity index (χ4v) is 0.465. The number of hydrogen-bond acceptors (Lipinski definition) is 2. The molecule has 43 valence electrons. The molecule has 3 heteroatoms. The van der Waals surface area contributed by atoms with Crippen molar-refractivity contribution in [1.29, 1.82) is 0 Å². The van der Waals surface area contributed by atoms with Gasteiger partial charge in [0.25, 0.3) is 6.29 Å². The molecule has 0 amide bonds. The second-order valence-corrected chi connectivity index (χ2v) is 1.41. The molecule has 0 bridgehead atoms. The Hall–Kier alpha value is -0.800. The summed E-state index contributed by atoms with van der Waals surface area (Å²) in [6, 6.07) is 0. The maximum atomic E-state index is 9.56. The van der Waals surface area contributed by atoms with Gasteiger partial charge < -0.3 is 4.74 Å². The third kappa shape index (κ3) is 0.882. The third-order valence-electron chi connectivity index (χ3n) is 0.802. The van der Waals surface area contributed by atoms with E-state index < -0.39 is 6.29 Å². The van der Waals surface area contributed by atoms with Crippen LogP contribution in [0.15, 0.2) is 24.5 Å². The Labute approximate surface area is 46.8 Å². The van der Waals surface area contributed by atoms with Gasteiger partial charge in [-0.15, -0.1) is 0 Å². The van der Waals surface area contributed by atoms with Gasteiger partial charge in [-0.05, 0) is 17.4 Å². The molecule has 0 fully saturated rings. The van der Waals surface area contributed by atoms with E-state index >= 15 is 0 Å². The lowest BCUT2D eigenvalue weighted by atomic mass is 10.5. The zero-order chi connectivity index (χ0) is 5.98. The summed E-state index contributed by atoms with van der Waals surface area (Å²) in [6.45, 7) is 3.42. The van der Waals surface area contributed by atoms with Crippen molar-refractivity contribution in [2.45, 2.75) is 6.29 Å². The first-order valence-electron chi connectivity index (χ1n) is 2.15. The molecule has 1 atom stereocenters. The minimum atomic E-state index is -0.762. The predicted octanol–water partition coefficient (Wildman–Crippen LogP) is 0.775. The van der Waals surface area contributed by atoms with Crippen LogP contribution in [0.5, 0.6) is 0 Å². The first kappa shape index (κ1) is 5.34. The highest BCUT2D eigenvalue weighted by molar-refractivity contribution is 5.13. The van der Waals surface area contributed by atoms with Gasteiger partial charge in [-0.1, -0.05) is 6.58 Å². The Morgan fingerprint density at radius 2 is 2.62 bits per heavy atom. The highest BCUT2D eigenvalue weighted by Gasteiger charge is 2.11. The van der Waals surface area contributed by atoms with Crippen molar-refractivity contribution in [1.82, 2.24) is 0 Å². The Morgan fingerprint density at radius 3 is 2.88 bits per heavy atom. The molecule has 1 aliphatic rings. The average molecular weight is 113 g/mol. The Bertz CT molecular complexity index is 128. The number of rotatable bonds is 1. The predicted molar refractivity (Wildman–Crippen MR) is 24.9 cm³/mol. The number of hydrogen-bond donors (Lipinski definition) is 0. The topological polar surface area (TPSA) is 38.4 Å². The van der Waals surface area contributed by atoms with E-state index in [1.165, 1.54) is 6.08 Å². The summed E-state index contributed by atoms with van der Waals surface area (Å²) in [7, 11) is 0. The summed E-state index contributed by atoms with van der Waals surface area (Å²) < 4.78 is 4.67. The highest BCUT2D eigenvalue weighted by atomic mass is 17.1. The summed E-state index contributed by atoms with van der Waals surface area (Å²) >= 11 is 0. The van der Waals surface area contributed by atoms with Crippen LogP contribution in [0, 0.1) is 0 Å². The maximum absolute atomic E-state index is 9.56. The molecule has 0 N–H and O–H groups in total. The average Bonchev–Trinajstić information content (AvgIpc) is 2.14. The highest BCUT2D eigenvalue weighted by Crippen LogP contribution is 2.11. The summed E-state index contributed by atoms with van der Waals surface area (Å²) in [6.07, 6.45) is 2.32. The van der Waals surface area contributed by atoms with Gasteiger partial charge >= 0.3 is 0 Å². The van der Waals surface area contributed by atoms with E-state index in [0.717, 1.165) is 0 Å². The number of allylic oxidation sites excluding steroid dienone is 1. The second-order valence-electron chi connectivity index (χ2n) is 1.41. The van der Waals surface area contributed by atoms with Crippen molar-refractivity contribution >= 4 is 0 Å². The lowest BCUT2D eigenvalue weighted by Crippen LogP contribution is -2.04. The molecular weight excluding hydrogens is 108 g/mol. The van der Waals surface area contributed by atoms with Crippen molar-refractivity contribution in [2.75, 3.05) is 0 Å². The van der Waals surface area contributed by atoms with Crippen LogP contribution in [0.2, 0.25) is 0 Å². The fraction of sp³-hybridized carbons (Fsp3) is 0.200. The van der Waals surface area contributed by atoms with Crippen LogP contribution in [-0.2, 0) is 14.9 Å². The molecule has 0 aromatic heterocycles. The van der Waals surface area contributed by atoms with E-state index in [1.54, 1.807) is 6.08 Å². The van der Waals surface area contributed by atoms with E-state index in [2.05, 4.69) is 16.2 Å². The van der Waals surface area contributed by atoms with Crippen LogP contribution >= 0.6 is 0 Å². The van der Waals surface area contributed by atoms with Crippen molar-refractivity contribution in [2.24, 2.45) is 0 Å². The van der Waals surface area contributed by atoms with Gasteiger partial charge in [0.1, 0.15) is 5.76 Å². The summed E-state index contributed by atoms with van der Waals surface area (Å²) in [5, 5.41) is 9.56. The first-order chi connectivity index (χ1) is 3.83. The first-order valence-corrected chi connectivity index (χ1v) is 2.15. The lowest BCUT2D eigenvalue weighted by molar-refractivity contribution is -0.366. The molecule has 0 saturated heterocycles. The molecular formula is C5H5O3. The normalized spacial score (nSPS) is 26.1. The van der Waals surface area contributed by atoms with Crippen LogP contribution in [0.3, 0.4) is 0 Å². The van der Waals surface area contributed by atoms with Crippen LogP contribution in [0.25, 0.3) is 0 Å². The molecule has 0 saturated carbocycles. The Kier molecular flexibility index (Phi) is 1.32. The molecule has 0 spiro atoms. The van der Waals surface area contributed by atoms with Gasteiger partial charge in [0.05, 0.1) is 0 Å². The molecule has 0 aromatic carbocycles. The summed E-state index contributed by atoms with van der Waals surface area (Å²) in [5.74, 6) is 0.464. The van der Waals surface area contributed by atoms with Crippen molar-refractivity contribution in [3.63, 3.8) is 0 Å². The van der Waals surface area contributed by atoms with E-state index in [1.807, 2.05) is 0 Å². The monoisotopic (exact) mass is 113 g/mol. The SMILES string of the molecule is C=C1C=CC(O[O])O1. The standard InChI is InChI=1S/C5H5O3/c1-4-2-3-5(7-4)8-6/h2-3,5H,1H2. The van der Waals surface area contributed by atoms with Crippen molar-refractivity contribution in [3.8, 4) is 0 Å². The smallest absolute Gasteiger partial charge is 0.253 e. The molecule has 1 unspecified atom stereocenters. The van der Waals surface area contributed by atoms with Crippen LogP contribution in [0.4, 0.5) is 0 Å². The molecule has 1 aliphatic heterocycles. The summed E-state index contributed by atoms with van der Waals surface area (Å²) in [5.41, 5.74) is 0. The van der Waals surface area contributed by atoms with Crippen LogP contribution < -0.4 is 0 Å². The van der Waals surface area contributed by atoms with E-state index in [4.69, 9.17) is 0 Å².